The highest BCUT2D eigenvalue weighted by molar-refractivity contribution is 9.10. The van der Waals surface area contributed by atoms with E-state index in [1.165, 1.54) is 12.1 Å². The van der Waals surface area contributed by atoms with Crippen LogP contribution in [0.2, 0.25) is 0 Å². The van der Waals surface area contributed by atoms with Crippen molar-refractivity contribution in [3.05, 3.63) is 62.6 Å². The molecule has 0 fully saturated rings. The molecular formula is C15H15BrN2O3. The van der Waals surface area contributed by atoms with Crippen molar-refractivity contribution in [2.24, 2.45) is 0 Å². The molecule has 1 N–H and O–H groups in total. The summed E-state index contributed by atoms with van der Waals surface area (Å²) in [5.41, 5.74) is 0.973. The minimum absolute atomic E-state index is 0.0153. The summed E-state index contributed by atoms with van der Waals surface area (Å²) < 4.78 is 6.43. The second kappa shape index (κ2) is 6.69. The van der Waals surface area contributed by atoms with Crippen molar-refractivity contribution in [3.8, 4) is 11.5 Å². The molecule has 0 radical (unpaired) electrons. The van der Waals surface area contributed by atoms with Crippen molar-refractivity contribution >= 4 is 21.6 Å². The van der Waals surface area contributed by atoms with Crippen LogP contribution < -0.4 is 10.1 Å². The van der Waals surface area contributed by atoms with Crippen LogP contribution in [0.25, 0.3) is 0 Å². The van der Waals surface area contributed by atoms with Gasteiger partial charge in [-0.1, -0.05) is 34.1 Å². The van der Waals surface area contributed by atoms with Crippen LogP contribution in [0, 0.1) is 10.1 Å². The van der Waals surface area contributed by atoms with Gasteiger partial charge in [0.25, 0.3) is 5.69 Å². The molecule has 0 aromatic heterocycles. The Kier molecular flexibility index (Phi) is 4.93. The Morgan fingerprint density at radius 3 is 2.67 bits per heavy atom. The van der Waals surface area contributed by atoms with Crippen LogP contribution in [0.3, 0.4) is 0 Å². The summed E-state index contributed by atoms with van der Waals surface area (Å²) in [4.78, 5) is 10.5. The highest BCUT2D eigenvalue weighted by atomic mass is 79.9. The lowest BCUT2D eigenvalue weighted by molar-refractivity contribution is -0.385. The lowest BCUT2D eigenvalue weighted by Gasteiger charge is -2.16. The van der Waals surface area contributed by atoms with Gasteiger partial charge in [-0.25, -0.2) is 0 Å². The number of nitrogens with zero attached hydrogens (tertiary/aromatic N) is 1. The van der Waals surface area contributed by atoms with Gasteiger partial charge in [0.05, 0.1) is 11.0 Å². The van der Waals surface area contributed by atoms with Crippen molar-refractivity contribution in [3.63, 3.8) is 0 Å². The first-order valence-corrected chi connectivity index (χ1v) is 7.19. The molecule has 2 aromatic rings. The molecule has 0 spiro atoms. The number of nitrogens with one attached hydrogen (secondary N) is 1. The summed E-state index contributed by atoms with van der Waals surface area (Å²) >= 11 is 3.26. The first-order chi connectivity index (χ1) is 10.0. The second-order valence-electron chi connectivity index (χ2n) is 4.55. The van der Waals surface area contributed by atoms with E-state index in [4.69, 9.17) is 4.74 Å². The van der Waals surface area contributed by atoms with E-state index in [1.54, 1.807) is 6.07 Å². The summed E-state index contributed by atoms with van der Waals surface area (Å²) in [6, 6.07) is 12.3. The topological polar surface area (TPSA) is 64.4 Å². The zero-order chi connectivity index (χ0) is 15.4. The Morgan fingerprint density at radius 2 is 2.00 bits per heavy atom. The third-order valence-electron chi connectivity index (χ3n) is 3.11. The zero-order valence-electron chi connectivity index (χ0n) is 11.7. The van der Waals surface area contributed by atoms with Crippen LogP contribution in [-0.4, -0.2) is 12.0 Å². The molecule has 0 amide bonds. The smallest absolute Gasteiger partial charge is 0.274 e. The molecule has 5 nitrogen and oxygen atoms in total. The number of hydrogen-bond acceptors (Lipinski definition) is 4. The van der Waals surface area contributed by atoms with E-state index in [0.717, 1.165) is 5.56 Å². The first-order valence-electron chi connectivity index (χ1n) is 6.40. The SMILES string of the molecule is CNC(C)c1ccccc1Oc1cc(Br)cc([N+](=O)[O-])c1. The molecule has 110 valence electrons. The highest BCUT2D eigenvalue weighted by Crippen LogP contribution is 2.33. The monoisotopic (exact) mass is 350 g/mol. The van der Waals surface area contributed by atoms with Gasteiger partial charge in [-0.05, 0) is 26.1 Å². The molecule has 0 aliphatic heterocycles. The molecule has 2 rings (SSSR count). The van der Waals surface area contributed by atoms with Crippen molar-refractivity contribution in [1.29, 1.82) is 0 Å². The third-order valence-corrected chi connectivity index (χ3v) is 3.57. The van der Waals surface area contributed by atoms with E-state index in [2.05, 4.69) is 21.2 Å². The lowest BCUT2D eigenvalue weighted by Crippen LogP contribution is -2.13. The van der Waals surface area contributed by atoms with Crippen LogP contribution in [0.5, 0.6) is 11.5 Å². The number of halogens is 1. The Balaban J connectivity index is 2.36. The Bertz CT molecular complexity index is 661. The van der Waals surface area contributed by atoms with Crippen LogP contribution in [0.15, 0.2) is 46.9 Å². The zero-order valence-corrected chi connectivity index (χ0v) is 13.3. The summed E-state index contributed by atoms with van der Waals surface area (Å²) in [5.74, 6) is 1.10. The molecule has 0 saturated carbocycles. The van der Waals surface area contributed by atoms with Crippen molar-refractivity contribution in [1.82, 2.24) is 5.32 Å². The second-order valence-corrected chi connectivity index (χ2v) is 5.47. The van der Waals surface area contributed by atoms with E-state index >= 15 is 0 Å². The molecule has 21 heavy (non-hydrogen) atoms. The van der Waals surface area contributed by atoms with E-state index in [1.807, 2.05) is 38.2 Å². The fraction of sp³-hybridized carbons (Fsp3) is 0.200. The molecule has 0 saturated heterocycles. The molecule has 6 heteroatoms. The number of ether oxygens (including phenoxy) is 1. The third kappa shape index (κ3) is 3.80. The largest absolute Gasteiger partial charge is 0.457 e. The summed E-state index contributed by atoms with van der Waals surface area (Å²) in [5, 5.41) is 14.0. The predicted octanol–water partition coefficient (Wildman–Crippen LogP) is 4.43. The van der Waals surface area contributed by atoms with Crippen molar-refractivity contribution in [2.75, 3.05) is 7.05 Å². The Morgan fingerprint density at radius 1 is 1.29 bits per heavy atom. The van der Waals surface area contributed by atoms with E-state index in [-0.39, 0.29) is 11.7 Å². The molecule has 2 aromatic carbocycles. The molecule has 1 atom stereocenters. The van der Waals surface area contributed by atoms with Gasteiger partial charge in [0.2, 0.25) is 0 Å². The van der Waals surface area contributed by atoms with Gasteiger partial charge < -0.3 is 10.1 Å². The van der Waals surface area contributed by atoms with E-state index in [0.29, 0.717) is 16.0 Å². The number of benzene rings is 2. The van der Waals surface area contributed by atoms with Crippen LogP contribution in [0.1, 0.15) is 18.5 Å². The van der Waals surface area contributed by atoms with E-state index < -0.39 is 4.92 Å². The van der Waals surface area contributed by atoms with Gasteiger partial charge in [0.1, 0.15) is 11.5 Å². The lowest BCUT2D eigenvalue weighted by atomic mass is 10.1. The number of nitro groups is 1. The minimum atomic E-state index is -0.445. The number of para-hydroxylation sites is 1. The van der Waals surface area contributed by atoms with Crippen LogP contribution in [-0.2, 0) is 0 Å². The maximum atomic E-state index is 10.9. The van der Waals surface area contributed by atoms with Crippen LogP contribution in [0.4, 0.5) is 5.69 Å². The Labute approximate surface area is 131 Å². The average molecular weight is 351 g/mol. The average Bonchev–Trinajstić information content (AvgIpc) is 2.46. The summed E-state index contributed by atoms with van der Waals surface area (Å²) in [7, 11) is 1.87. The number of rotatable bonds is 5. The number of nitro benzene ring substituents is 1. The quantitative estimate of drug-likeness (QED) is 0.639. The van der Waals surface area contributed by atoms with Crippen molar-refractivity contribution < 1.29 is 9.66 Å². The van der Waals surface area contributed by atoms with Gasteiger partial charge in [-0.15, -0.1) is 0 Å². The fourth-order valence-electron chi connectivity index (χ4n) is 1.93. The number of hydrogen-bond donors (Lipinski definition) is 1. The molecule has 0 bridgehead atoms. The highest BCUT2D eigenvalue weighted by Gasteiger charge is 2.13. The fourth-order valence-corrected chi connectivity index (χ4v) is 2.39. The first kappa shape index (κ1) is 15.5. The standard InChI is InChI=1S/C15H15BrN2O3/c1-10(17-2)14-5-3-4-6-15(14)21-13-8-11(16)7-12(9-13)18(19)20/h3-10,17H,1-2H3. The summed E-state index contributed by atoms with van der Waals surface area (Å²) in [6.45, 7) is 2.02. The minimum Gasteiger partial charge on any atom is -0.457 e. The molecule has 0 aliphatic carbocycles. The van der Waals surface area contributed by atoms with E-state index in [9.17, 15) is 10.1 Å². The maximum absolute atomic E-state index is 10.9. The van der Waals surface area contributed by atoms with Crippen molar-refractivity contribution in [2.45, 2.75) is 13.0 Å². The number of non-ortho nitro benzene ring substituents is 1. The molecular weight excluding hydrogens is 336 g/mol. The van der Waals surface area contributed by atoms with Gasteiger partial charge in [-0.2, -0.15) is 0 Å². The van der Waals surface area contributed by atoms with Gasteiger partial charge >= 0.3 is 0 Å². The summed E-state index contributed by atoms with van der Waals surface area (Å²) in [6.07, 6.45) is 0. The maximum Gasteiger partial charge on any atom is 0.274 e. The van der Waals surface area contributed by atoms with Gasteiger partial charge in [0, 0.05) is 22.1 Å². The van der Waals surface area contributed by atoms with Crippen LogP contribution >= 0.6 is 15.9 Å². The Hall–Kier alpha value is -1.92. The molecule has 1 unspecified atom stereocenters. The predicted molar refractivity (Wildman–Crippen MR) is 84.8 cm³/mol. The normalized spacial score (nSPS) is 12.0. The van der Waals surface area contributed by atoms with Gasteiger partial charge in [0.15, 0.2) is 0 Å². The van der Waals surface area contributed by atoms with Gasteiger partial charge in [-0.3, -0.25) is 10.1 Å². The molecule has 0 aliphatic rings. The molecule has 0 heterocycles.